The van der Waals surface area contributed by atoms with Gasteiger partial charge in [-0.15, -0.1) is 0 Å². The molecule has 1 aliphatic heterocycles. The van der Waals surface area contributed by atoms with E-state index in [2.05, 4.69) is 58.7 Å². The smallest absolute Gasteiger partial charge is 0.0778 e. The lowest BCUT2D eigenvalue weighted by atomic mass is 9.84. The second-order valence-corrected chi connectivity index (χ2v) is 7.69. The minimum absolute atomic E-state index is 0.255. The summed E-state index contributed by atoms with van der Waals surface area (Å²) in [4.78, 5) is 0. The lowest BCUT2D eigenvalue weighted by Crippen LogP contribution is -2.36. The normalized spacial score (nSPS) is 28.6. The van der Waals surface area contributed by atoms with E-state index in [0.717, 1.165) is 9.81 Å². The van der Waals surface area contributed by atoms with Gasteiger partial charge >= 0.3 is 0 Å². The summed E-state index contributed by atoms with van der Waals surface area (Å²) in [7, 11) is 0. The van der Waals surface area contributed by atoms with Crippen molar-refractivity contribution in [2.45, 2.75) is 52.2 Å². The molecular formula is C11H18Br2O. The molecule has 0 aromatic carbocycles. The Kier molecular flexibility index (Phi) is 4.66. The quantitative estimate of drug-likeness (QED) is 0.684. The van der Waals surface area contributed by atoms with Crippen molar-refractivity contribution in [3.63, 3.8) is 0 Å². The van der Waals surface area contributed by atoms with Gasteiger partial charge in [0.1, 0.15) is 0 Å². The zero-order valence-electron chi connectivity index (χ0n) is 9.02. The molecule has 1 rings (SSSR count). The van der Waals surface area contributed by atoms with Crippen LogP contribution in [-0.2, 0) is 4.74 Å². The zero-order chi connectivity index (χ0) is 10.8. The molecule has 0 saturated carbocycles. The van der Waals surface area contributed by atoms with E-state index in [-0.39, 0.29) is 11.5 Å². The van der Waals surface area contributed by atoms with Crippen LogP contribution in [0.15, 0.2) is 9.47 Å². The Hall–Kier alpha value is 0.660. The summed E-state index contributed by atoms with van der Waals surface area (Å²) in [6.45, 7) is 6.73. The average Bonchev–Trinajstić information content (AvgIpc) is 2.01. The fourth-order valence-corrected chi connectivity index (χ4v) is 2.34. The van der Waals surface area contributed by atoms with Crippen LogP contribution in [0, 0.1) is 5.41 Å². The van der Waals surface area contributed by atoms with Crippen molar-refractivity contribution >= 4 is 31.9 Å². The topological polar surface area (TPSA) is 9.23 Å². The Morgan fingerprint density at radius 3 is 2.43 bits per heavy atom. The molecule has 0 bridgehead atoms. The van der Waals surface area contributed by atoms with Gasteiger partial charge in [0.25, 0.3) is 0 Å². The van der Waals surface area contributed by atoms with Crippen molar-refractivity contribution in [1.29, 1.82) is 0 Å². The van der Waals surface area contributed by atoms with E-state index in [1.165, 1.54) is 12.8 Å². The van der Waals surface area contributed by atoms with Gasteiger partial charge in [0.15, 0.2) is 0 Å². The minimum atomic E-state index is 0.255. The Morgan fingerprint density at radius 1 is 1.29 bits per heavy atom. The molecule has 14 heavy (non-hydrogen) atoms. The lowest BCUT2D eigenvalue weighted by Gasteiger charge is -2.37. The van der Waals surface area contributed by atoms with Crippen molar-refractivity contribution in [2.24, 2.45) is 5.41 Å². The molecule has 0 spiro atoms. The molecule has 0 radical (unpaired) electrons. The van der Waals surface area contributed by atoms with Gasteiger partial charge in [-0.1, -0.05) is 20.8 Å². The van der Waals surface area contributed by atoms with Crippen molar-refractivity contribution in [2.75, 3.05) is 0 Å². The summed E-state index contributed by atoms with van der Waals surface area (Å²) in [6.07, 6.45) is 6.33. The van der Waals surface area contributed by atoms with Crippen LogP contribution >= 0.6 is 31.9 Å². The van der Waals surface area contributed by atoms with Gasteiger partial charge in [0, 0.05) is 0 Å². The van der Waals surface area contributed by atoms with Crippen LogP contribution in [0.4, 0.5) is 0 Å². The van der Waals surface area contributed by atoms with Gasteiger partial charge in [0.2, 0.25) is 0 Å². The van der Waals surface area contributed by atoms with E-state index in [9.17, 15) is 0 Å². The maximum absolute atomic E-state index is 6.03. The van der Waals surface area contributed by atoms with E-state index in [0.29, 0.717) is 6.10 Å². The summed E-state index contributed by atoms with van der Waals surface area (Å²) >= 11 is 6.76. The highest BCUT2D eigenvalue weighted by Crippen LogP contribution is 2.33. The number of hydrogen-bond donors (Lipinski definition) is 0. The standard InChI is InChI=1S/C11H18Br2O/c1-11(2,3)9-6-4-5-8(14-9)7-10(12)13/h7-9H,4-6H2,1-3H3/t8-,9-/m1/s1. The Morgan fingerprint density at radius 2 is 1.93 bits per heavy atom. The molecule has 2 atom stereocenters. The number of ether oxygens (including phenoxy) is 1. The molecule has 0 aromatic rings. The molecule has 0 aromatic heterocycles. The van der Waals surface area contributed by atoms with E-state index < -0.39 is 0 Å². The second-order valence-electron chi connectivity index (χ2n) is 4.92. The highest BCUT2D eigenvalue weighted by molar-refractivity contribution is 9.28. The summed E-state index contributed by atoms with van der Waals surface area (Å²) in [5.74, 6) is 0. The third kappa shape index (κ3) is 4.03. The van der Waals surface area contributed by atoms with Crippen molar-refractivity contribution < 1.29 is 4.74 Å². The fraction of sp³-hybridized carbons (Fsp3) is 0.818. The summed E-state index contributed by atoms with van der Waals surface area (Å²) in [5, 5.41) is 0. The molecule has 0 amide bonds. The zero-order valence-corrected chi connectivity index (χ0v) is 12.2. The predicted octanol–water partition coefficient (Wildman–Crippen LogP) is 4.60. The first-order chi connectivity index (χ1) is 6.39. The summed E-state index contributed by atoms with van der Waals surface area (Å²) < 4.78 is 7.02. The second kappa shape index (κ2) is 5.13. The van der Waals surface area contributed by atoms with Gasteiger partial charge < -0.3 is 4.74 Å². The van der Waals surface area contributed by atoms with Gasteiger partial charge in [-0.05, 0) is 62.6 Å². The monoisotopic (exact) mass is 324 g/mol. The lowest BCUT2D eigenvalue weighted by molar-refractivity contribution is -0.0790. The highest BCUT2D eigenvalue weighted by atomic mass is 79.9. The van der Waals surface area contributed by atoms with E-state index in [1.807, 2.05) is 0 Å². The molecule has 1 nitrogen and oxygen atoms in total. The molecule has 0 unspecified atom stereocenters. The first-order valence-corrected chi connectivity index (χ1v) is 6.66. The van der Waals surface area contributed by atoms with Gasteiger partial charge in [-0.3, -0.25) is 0 Å². The van der Waals surface area contributed by atoms with Crippen molar-refractivity contribution in [3.05, 3.63) is 9.47 Å². The molecule has 0 N–H and O–H groups in total. The minimum Gasteiger partial charge on any atom is -0.370 e. The fourth-order valence-electron chi connectivity index (χ4n) is 1.75. The van der Waals surface area contributed by atoms with Crippen LogP contribution in [-0.4, -0.2) is 12.2 Å². The van der Waals surface area contributed by atoms with E-state index in [4.69, 9.17) is 4.74 Å². The number of hydrogen-bond acceptors (Lipinski definition) is 1. The third-order valence-corrected chi connectivity index (χ3v) is 3.10. The third-order valence-electron chi connectivity index (χ3n) is 2.57. The first kappa shape index (κ1) is 12.7. The van der Waals surface area contributed by atoms with E-state index in [1.54, 1.807) is 0 Å². The molecule has 82 valence electrons. The van der Waals surface area contributed by atoms with Gasteiger partial charge in [-0.2, -0.15) is 0 Å². The average molecular weight is 326 g/mol. The van der Waals surface area contributed by atoms with Crippen LogP contribution in [0.25, 0.3) is 0 Å². The number of halogens is 2. The largest absolute Gasteiger partial charge is 0.370 e. The van der Waals surface area contributed by atoms with Gasteiger partial charge in [0.05, 0.1) is 15.6 Å². The Balaban J connectivity index is 2.57. The molecule has 1 fully saturated rings. The van der Waals surface area contributed by atoms with E-state index >= 15 is 0 Å². The summed E-state index contributed by atoms with van der Waals surface area (Å²) in [6, 6.07) is 0. The van der Waals surface area contributed by atoms with Crippen molar-refractivity contribution in [3.8, 4) is 0 Å². The predicted molar refractivity (Wildman–Crippen MR) is 67.9 cm³/mol. The maximum atomic E-state index is 6.03. The maximum Gasteiger partial charge on any atom is 0.0778 e. The van der Waals surface area contributed by atoms with Crippen LogP contribution in [0.2, 0.25) is 0 Å². The van der Waals surface area contributed by atoms with Crippen LogP contribution in [0.3, 0.4) is 0 Å². The van der Waals surface area contributed by atoms with Crippen LogP contribution in [0.5, 0.6) is 0 Å². The van der Waals surface area contributed by atoms with Crippen LogP contribution in [0.1, 0.15) is 40.0 Å². The van der Waals surface area contributed by atoms with Crippen molar-refractivity contribution in [1.82, 2.24) is 0 Å². The highest BCUT2D eigenvalue weighted by Gasteiger charge is 2.30. The molecule has 1 saturated heterocycles. The Bertz CT molecular complexity index is 214. The number of rotatable bonds is 1. The molecule has 1 aliphatic rings. The SMILES string of the molecule is CC(C)(C)[C@H]1CCC[C@H](C=C(Br)Br)O1. The molecule has 1 heterocycles. The molecular weight excluding hydrogens is 308 g/mol. The van der Waals surface area contributed by atoms with Gasteiger partial charge in [-0.25, -0.2) is 0 Å². The molecule has 3 heteroatoms. The first-order valence-electron chi connectivity index (χ1n) is 5.08. The summed E-state index contributed by atoms with van der Waals surface area (Å²) in [5.41, 5.74) is 0.255. The Labute approximate surface area is 104 Å². The van der Waals surface area contributed by atoms with Crippen LogP contribution < -0.4 is 0 Å². The molecule has 0 aliphatic carbocycles.